The molecule has 0 saturated heterocycles. The maximum absolute atomic E-state index is 8.86. The Morgan fingerprint density at radius 2 is 2.00 bits per heavy atom. The molecule has 80 valence electrons. The lowest BCUT2D eigenvalue weighted by molar-refractivity contribution is 0.343. The van der Waals surface area contributed by atoms with E-state index in [1.54, 1.807) is 0 Å². The zero-order chi connectivity index (χ0) is 10.7. The molecule has 1 aromatic rings. The molecule has 0 spiro atoms. The van der Waals surface area contributed by atoms with Gasteiger partial charge in [0, 0.05) is 0 Å². The zero-order valence-electron chi connectivity index (χ0n) is 9.29. The van der Waals surface area contributed by atoms with Crippen molar-refractivity contribution in [1.29, 1.82) is 0 Å². The minimum atomic E-state index is 0.128. The summed E-state index contributed by atoms with van der Waals surface area (Å²) in [5.74, 6) is 0. The number of rotatable bonds is 2. The number of hydrogen-bond donors (Lipinski definition) is 1. The summed E-state index contributed by atoms with van der Waals surface area (Å²) in [6.45, 7) is 2.18. The van der Waals surface area contributed by atoms with E-state index in [4.69, 9.17) is 5.11 Å². The Labute approximate surface area is 91.4 Å². The molecule has 1 aliphatic carbocycles. The minimum absolute atomic E-state index is 0.128. The summed E-state index contributed by atoms with van der Waals surface area (Å²) in [5, 5.41) is 8.86. The van der Waals surface area contributed by atoms with Gasteiger partial charge in [0.1, 0.15) is 0 Å². The molecule has 1 heteroatoms. The van der Waals surface area contributed by atoms with E-state index in [1.165, 1.54) is 47.9 Å². The normalized spacial score (nSPS) is 16.3. The quantitative estimate of drug-likeness (QED) is 0.781. The highest BCUT2D eigenvalue weighted by molar-refractivity contribution is 5.65. The van der Waals surface area contributed by atoms with Gasteiger partial charge in [-0.05, 0) is 54.9 Å². The summed E-state index contributed by atoms with van der Waals surface area (Å²) < 4.78 is 0. The molecular weight excluding hydrogens is 184 g/mol. The molecule has 0 fully saturated rings. The Morgan fingerprint density at radius 1 is 1.27 bits per heavy atom. The first-order valence-electron chi connectivity index (χ1n) is 5.71. The molecule has 0 heterocycles. The van der Waals surface area contributed by atoms with E-state index in [9.17, 15) is 0 Å². The van der Waals surface area contributed by atoms with Gasteiger partial charge in [-0.25, -0.2) is 0 Å². The molecule has 1 aromatic carbocycles. The molecule has 15 heavy (non-hydrogen) atoms. The monoisotopic (exact) mass is 202 g/mol. The van der Waals surface area contributed by atoms with Gasteiger partial charge in [0.15, 0.2) is 0 Å². The fourth-order valence-electron chi connectivity index (χ4n) is 2.23. The lowest BCUT2D eigenvalue weighted by atomic mass is 9.89. The molecule has 0 saturated carbocycles. The van der Waals surface area contributed by atoms with Gasteiger partial charge >= 0.3 is 0 Å². The van der Waals surface area contributed by atoms with Crippen LogP contribution in [0.5, 0.6) is 0 Å². The van der Waals surface area contributed by atoms with Crippen molar-refractivity contribution in [2.75, 3.05) is 6.61 Å². The molecule has 0 unspecified atom stereocenters. The number of aliphatic hydroxyl groups excluding tert-OH is 1. The second-order valence-electron chi connectivity index (χ2n) is 4.26. The van der Waals surface area contributed by atoms with E-state index in [0.29, 0.717) is 0 Å². The van der Waals surface area contributed by atoms with E-state index >= 15 is 0 Å². The number of allylic oxidation sites excluding steroid dienone is 1. The number of fused-ring (bicyclic) bond motifs is 1. The van der Waals surface area contributed by atoms with Crippen LogP contribution in [0.15, 0.2) is 24.3 Å². The molecule has 1 nitrogen and oxygen atoms in total. The molecule has 1 N–H and O–H groups in total. The number of aliphatic hydroxyl groups is 1. The fourth-order valence-corrected chi connectivity index (χ4v) is 2.23. The third-order valence-corrected chi connectivity index (χ3v) is 3.20. The third kappa shape index (κ3) is 2.29. The van der Waals surface area contributed by atoms with Crippen LogP contribution < -0.4 is 0 Å². The van der Waals surface area contributed by atoms with Gasteiger partial charge < -0.3 is 5.11 Å². The molecule has 2 rings (SSSR count). The largest absolute Gasteiger partial charge is 0.392 e. The molecule has 0 aliphatic heterocycles. The van der Waals surface area contributed by atoms with Gasteiger partial charge in [0.05, 0.1) is 6.61 Å². The smallest absolute Gasteiger partial charge is 0.0618 e. The first-order chi connectivity index (χ1) is 7.31. The van der Waals surface area contributed by atoms with E-state index in [-0.39, 0.29) is 6.61 Å². The van der Waals surface area contributed by atoms with Crippen LogP contribution in [0.25, 0.3) is 5.57 Å². The van der Waals surface area contributed by atoms with Crippen LogP contribution in [0.4, 0.5) is 0 Å². The second kappa shape index (κ2) is 4.63. The fraction of sp³-hybridized carbons (Fsp3) is 0.429. The van der Waals surface area contributed by atoms with E-state index in [0.717, 1.165) is 0 Å². The van der Waals surface area contributed by atoms with Crippen LogP contribution in [-0.2, 0) is 12.8 Å². The Hall–Kier alpha value is -1.08. The summed E-state index contributed by atoms with van der Waals surface area (Å²) in [6, 6.07) is 6.71. The SMILES string of the molecule is C/C(=C/CO)c1ccc2c(c1)CCCC2. The maximum atomic E-state index is 8.86. The predicted octanol–water partition coefficient (Wildman–Crippen LogP) is 2.96. The standard InChI is InChI=1S/C14H18O/c1-11(8-9-15)13-7-6-12-4-2-3-5-14(12)10-13/h6-8,10,15H,2-5,9H2,1H3/b11-8-. The topological polar surface area (TPSA) is 20.2 Å². The van der Waals surface area contributed by atoms with Gasteiger partial charge in [0.2, 0.25) is 0 Å². The minimum Gasteiger partial charge on any atom is -0.392 e. The van der Waals surface area contributed by atoms with Gasteiger partial charge in [-0.15, -0.1) is 0 Å². The summed E-state index contributed by atoms with van der Waals surface area (Å²) in [4.78, 5) is 0. The van der Waals surface area contributed by atoms with Crippen molar-refractivity contribution in [2.45, 2.75) is 32.6 Å². The van der Waals surface area contributed by atoms with Crippen LogP contribution in [0.3, 0.4) is 0 Å². The summed E-state index contributed by atoms with van der Waals surface area (Å²) in [6.07, 6.45) is 6.97. The van der Waals surface area contributed by atoms with E-state index in [2.05, 4.69) is 25.1 Å². The Kier molecular flexibility index (Phi) is 3.22. The highest BCUT2D eigenvalue weighted by Crippen LogP contribution is 2.24. The van der Waals surface area contributed by atoms with Gasteiger partial charge in [-0.2, -0.15) is 0 Å². The molecule has 1 aliphatic rings. The Balaban J connectivity index is 2.31. The van der Waals surface area contributed by atoms with Crippen molar-refractivity contribution in [3.05, 3.63) is 41.0 Å². The highest BCUT2D eigenvalue weighted by Gasteiger charge is 2.09. The molecule has 0 amide bonds. The lowest BCUT2D eigenvalue weighted by Crippen LogP contribution is -2.02. The third-order valence-electron chi connectivity index (χ3n) is 3.20. The molecule has 0 radical (unpaired) electrons. The lowest BCUT2D eigenvalue weighted by Gasteiger charge is -2.16. The average molecular weight is 202 g/mol. The van der Waals surface area contributed by atoms with Crippen molar-refractivity contribution < 1.29 is 5.11 Å². The molecular formula is C14H18O. The Bertz CT molecular complexity index is 377. The number of aryl methyl sites for hydroxylation is 2. The first kappa shape index (κ1) is 10.4. The van der Waals surface area contributed by atoms with Crippen molar-refractivity contribution in [3.63, 3.8) is 0 Å². The summed E-state index contributed by atoms with van der Waals surface area (Å²) in [5.41, 5.74) is 5.45. The van der Waals surface area contributed by atoms with Crippen LogP contribution in [0.2, 0.25) is 0 Å². The van der Waals surface area contributed by atoms with Crippen LogP contribution >= 0.6 is 0 Å². The predicted molar refractivity (Wildman–Crippen MR) is 63.8 cm³/mol. The Morgan fingerprint density at radius 3 is 2.73 bits per heavy atom. The molecule has 0 bridgehead atoms. The summed E-state index contributed by atoms with van der Waals surface area (Å²) >= 11 is 0. The number of benzene rings is 1. The number of hydrogen-bond acceptors (Lipinski definition) is 1. The van der Waals surface area contributed by atoms with Crippen molar-refractivity contribution in [3.8, 4) is 0 Å². The molecule has 0 atom stereocenters. The van der Waals surface area contributed by atoms with Gasteiger partial charge in [-0.1, -0.05) is 24.3 Å². The maximum Gasteiger partial charge on any atom is 0.0618 e. The second-order valence-corrected chi connectivity index (χ2v) is 4.26. The van der Waals surface area contributed by atoms with Gasteiger partial charge in [0.25, 0.3) is 0 Å². The van der Waals surface area contributed by atoms with Crippen molar-refractivity contribution in [2.24, 2.45) is 0 Å². The van der Waals surface area contributed by atoms with Crippen LogP contribution in [-0.4, -0.2) is 11.7 Å². The highest BCUT2D eigenvalue weighted by atomic mass is 16.2. The van der Waals surface area contributed by atoms with Crippen LogP contribution in [0, 0.1) is 0 Å². The van der Waals surface area contributed by atoms with Crippen molar-refractivity contribution in [1.82, 2.24) is 0 Å². The first-order valence-corrected chi connectivity index (χ1v) is 5.71. The average Bonchev–Trinajstić information content (AvgIpc) is 2.29. The van der Waals surface area contributed by atoms with E-state index in [1.807, 2.05) is 6.08 Å². The van der Waals surface area contributed by atoms with Crippen molar-refractivity contribution >= 4 is 5.57 Å². The van der Waals surface area contributed by atoms with E-state index < -0.39 is 0 Å². The molecule has 0 aromatic heterocycles. The summed E-state index contributed by atoms with van der Waals surface area (Å²) in [7, 11) is 0. The van der Waals surface area contributed by atoms with Crippen LogP contribution in [0.1, 0.15) is 36.5 Å². The zero-order valence-corrected chi connectivity index (χ0v) is 9.29. The van der Waals surface area contributed by atoms with Gasteiger partial charge in [-0.3, -0.25) is 0 Å².